The van der Waals surface area contributed by atoms with Crippen molar-refractivity contribution in [2.45, 2.75) is 0 Å². The normalized spacial score (nSPS) is 11.0. The minimum absolute atomic E-state index is 0.0174. The summed E-state index contributed by atoms with van der Waals surface area (Å²) in [5.41, 5.74) is -0.193. The van der Waals surface area contributed by atoms with Gasteiger partial charge in [0.05, 0.1) is 11.3 Å². The SMILES string of the molecule is N#CC(=CNc1c(F)cc(C(=O)O)cc1Br)c1nn[nH]n1. The third kappa shape index (κ3) is 3.21. The van der Waals surface area contributed by atoms with Gasteiger partial charge in [0.1, 0.15) is 17.5 Å². The number of aromatic carboxylic acids is 1. The van der Waals surface area contributed by atoms with Crippen LogP contribution in [0.4, 0.5) is 10.1 Å². The highest BCUT2D eigenvalue weighted by atomic mass is 79.9. The number of carboxylic acid groups (broad SMARTS) is 1. The van der Waals surface area contributed by atoms with Gasteiger partial charge in [-0.3, -0.25) is 0 Å². The quantitative estimate of drug-likeness (QED) is 0.715. The Morgan fingerprint density at radius 2 is 2.33 bits per heavy atom. The van der Waals surface area contributed by atoms with E-state index in [0.29, 0.717) is 0 Å². The number of hydrogen-bond acceptors (Lipinski definition) is 6. The van der Waals surface area contributed by atoms with E-state index < -0.39 is 11.8 Å². The highest BCUT2D eigenvalue weighted by Gasteiger charge is 2.13. The van der Waals surface area contributed by atoms with Crippen LogP contribution in [0.1, 0.15) is 16.2 Å². The first-order valence-corrected chi connectivity index (χ1v) is 6.15. The number of benzene rings is 1. The fourth-order valence-corrected chi connectivity index (χ4v) is 1.95. The van der Waals surface area contributed by atoms with Crippen LogP contribution in [-0.4, -0.2) is 31.7 Å². The van der Waals surface area contributed by atoms with Crippen LogP contribution in [-0.2, 0) is 0 Å². The minimum Gasteiger partial charge on any atom is -0.478 e. The molecule has 3 N–H and O–H groups in total. The Kier molecular flexibility index (Phi) is 4.24. The molecule has 0 atom stereocenters. The zero-order valence-electron chi connectivity index (χ0n) is 10.1. The van der Waals surface area contributed by atoms with Crippen LogP contribution in [0.2, 0.25) is 0 Å². The number of hydrogen-bond donors (Lipinski definition) is 3. The molecule has 0 spiro atoms. The number of anilines is 1. The van der Waals surface area contributed by atoms with Gasteiger partial charge in [-0.1, -0.05) is 0 Å². The highest BCUT2D eigenvalue weighted by Crippen LogP contribution is 2.28. The molecule has 0 radical (unpaired) electrons. The first-order valence-electron chi connectivity index (χ1n) is 5.36. The number of nitrogens with zero attached hydrogens (tertiary/aromatic N) is 4. The molecule has 0 saturated heterocycles. The maximum atomic E-state index is 13.9. The van der Waals surface area contributed by atoms with E-state index in [4.69, 9.17) is 10.4 Å². The van der Waals surface area contributed by atoms with Gasteiger partial charge in [0.2, 0.25) is 5.82 Å². The second-order valence-corrected chi connectivity index (χ2v) is 4.52. The molecule has 2 aromatic rings. The molecule has 0 aliphatic rings. The molecule has 1 heterocycles. The summed E-state index contributed by atoms with van der Waals surface area (Å²) >= 11 is 3.06. The maximum Gasteiger partial charge on any atom is 0.335 e. The Morgan fingerprint density at radius 3 is 2.86 bits per heavy atom. The third-order valence-corrected chi connectivity index (χ3v) is 2.98. The van der Waals surface area contributed by atoms with Crippen LogP contribution in [0, 0.1) is 17.1 Å². The summed E-state index contributed by atoms with van der Waals surface area (Å²) in [4.78, 5) is 10.8. The molecule has 8 nitrogen and oxygen atoms in total. The molecule has 0 saturated carbocycles. The number of rotatable bonds is 4. The Bertz CT molecular complexity index is 730. The molecule has 2 rings (SSSR count). The van der Waals surface area contributed by atoms with Crippen LogP contribution in [0.25, 0.3) is 5.57 Å². The van der Waals surface area contributed by atoms with Crippen molar-refractivity contribution in [2.75, 3.05) is 5.32 Å². The summed E-state index contributed by atoms with van der Waals surface area (Å²) in [6.07, 6.45) is 1.19. The predicted octanol–water partition coefficient (Wildman–Crippen LogP) is 1.78. The lowest BCUT2D eigenvalue weighted by Crippen LogP contribution is -2.01. The fraction of sp³-hybridized carbons (Fsp3) is 0. The number of nitriles is 1. The van der Waals surface area contributed by atoms with Gasteiger partial charge in [-0.25, -0.2) is 9.18 Å². The molecule has 0 bridgehead atoms. The topological polar surface area (TPSA) is 128 Å². The van der Waals surface area contributed by atoms with Crippen molar-refractivity contribution < 1.29 is 14.3 Å². The van der Waals surface area contributed by atoms with Crippen LogP contribution in [0.5, 0.6) is 0 Å². The molecule has 0 fully saturated rings. The molecule has 106 valence electrons. The van der Waals surface area contributed by atoms with E-state index in [1.165, 1.54) is 12.3 Å². The van der Waals surface area contributed by atoms with Crippen molar-refractivity contribution in [3.8, 4) is 6.07 Å². The van der Waals surface area contributed by atoms with E-state index in [-0.39, 0.29) is 27.1 Å². The molecule has 0 aliphatic carbocycles. The van der Waals surface area contributed by atoms with Gasteiger partial charge < -0.3 is 10.4 Å². The summed E-state index contributed by atoms with van der Waals surface area (Å²) in [5, 5.41) is 33.1. The van der Waals surface area contributed by atoms with E-state index in [0.717, 1.165) is 6.07 Å². The number of H-pyrrole nitrogens is 1. The lowest BCUT2D eigenvalue weighted by molar-refractivity contribution is 0.0696. The van der Waals surface area contributed by atoms with Crippen LogP contribution >= 0.6 is 15.9 Å². The molecule has 21 heavy (non-hydrogen) atoms. The van der Waals surface area contributed by atoms with Crippen molar-refractivity contribution >= 4 is 33.2 Å². The zero-order chi connectivity index (χ0) is 15.4. The minimum atomic E-state index is -1.25. The molecule has 1 aromatic carbocycles. The second-order valence-electron chi connectivity index (χ2n) is 3.67. The number of carbonyl (C=O) groups is 1. The summed E-state index contributed by atoms with van der Waals surface area (Å²) < 4.78 is 14.0. The van der Waals surface area contributed by atoms with E-state index >= 15 is 0 Å². The molecular weight excluding hydrogens is 347 g/mol. The van der Waals surface area contributed by atoms with Crippen molar-refractivity contribution in [2.24, 2.45) is 0 Å². The zero-order valence-corrected chi connectivity index (χ0v) is 11.7. The molecule has 10 heteroatoms. The number of carboxylic acids is 1. The standard InChI is InChI=1S/C11H6BrFN6O2/c12-7-1-5(11(20)21)2-8(13)9(7)15-4-6(3-14)10-16-18-19-17-10/h1-2,4,15H,(H,20,21)(H,16,17,18,19). The molecule has 0 unspecified atom stereocenters. The summed E-state index contributed by atoms with van der Waals surface area (Å²) in [6, 6.07) is 3.93. The number of aromatic amines is 1. The smallest absolute Gasteiger partial charge is 0.335 e. The molecular formula is C11H6BrFN6O2. The first kappa shape index (κ1) is 14.6. The van der Waals surface area contributed by atoms with E-state index in [1.54, 1.807) is 0 Å². The maximum absolute atomic E-state index is 13.9. The number of nitrogens with one attached hydrogen (secondary N) is 2. The summed E-state index contributed by atoms with van der Waals surface area (Å²) in [7, 11) is 0. The van der Waals surface area contributed by atoms with Crippen molar-refractivity contribution in [3.05, 3.63) is 40.0 Å². The molecule has 0 aliphatic heterocycles. The molecule has 0 amide bonds. The summed E-state index contributed by atoms with van der Waals surface area (Å²) in [6.45, 7) is 0. The van der Waals surface area contributed by atoms with E-state index in [9.17, 15) is 9.18 Å². The number of tetrazole rings is 1. The van der Waals surface area contributed by atoms with Crippen LogP contribution < -0.4 is 5.32 Å². The third-order valence-electron chi connectivity index (χ3n) is 2.36. The van der Waals surface area contributed by atoms with E-state index in [2.05, 4.69) is 41.9 Å². The van der Waals surface area contributed by atoms with Gasteiger partial charge in [-0.05, 0) is 33.3 Å². The Labute approximate surface area is 125 Å². The average molecular weight is 353 g/mol. The van der Waals surface area contributed by atoms with Crippen LogP contribution in [0.3, 0.4) is 0 Å². The second kappa shape index (κ2) is 6.10. The lowest BCUT2D eigenvalue weighted by atomic mass is 10.2. The van der Waals surface area contributed by atoms with Gasteiger partial charge >= 0.3 is 5.97 Å². The van der Waals surface area contributed by atoms with Crippen molar-refractivity contribution in [1.82, 2.24) is 20.6 Å². The lowest BCUT2D eigenvalue weighted by Gasteiger charge is -2.07. The monoisotopic (exact) mass is 352 g/mol. The first-order chi connectivity index (χ1) is 10.0. The summed E-state index contributed by atoms with van der Waals surface area (Å²) in [5.74, 6) is -1.99. The van der Waals surface area contributed by atoms with Gasteiger partial charge in [0.15, 0.2) is 0 Å². The number of allylic oxidation sites excluding steroid dienone is 1. The molecule has 1 aromatic heterocycles. The average Bonchev–Trinajstić information content (AvgIpc) is 2.95. The Morgan fingerprint density at radius 1 is 1.57 bits per heavy atom. The number of aromatic nitrogens is 4. The van der Waals surface area contributed by atoms with Gasteiger partial charge in [0, 0.05) is 10.7 Å². The van der Waals surface area contributed by atoms with Gasteiger partial charge in [0.25, 0.3) is 0 Å². The largest absolute Gasteiger partial charge is 0.478 e. The fourth-order valence-electron chi connectivity index (χ4n) is 1.40. The Balaban J connectivity index is 2.32. The Hall–Kier alpha value is -2.80. The predicted molar refractivity (Wildman–Crippen MR) is 72.4 cm³/mol. The van der Waals surface area contributed by atoms with E-state index in [1.807, 2.05) is 6.07 Å². The van der Waals surface area contributed by atoms with Gasteiger partial charge in [-0.2, -0.15) is 10.5 Å². The van der Waals surface area contributed by atoms with Crippen molar-refractivity contribution in [3.63, 3.8) is 0 Å². The van der Waals surface area contributed by atoms with Crippen LogP contribution in [0.15, 0.2) is 22.8 Å². The van der Waals surface area contributed by atoms with Crippen molar-refractivity contribution in [1.29, 1.82) is 5.26 Å². The van der Waals surface area contributed by atoms with Gasteiger partial charge in [-0.15, -0.1) is 10.2 Å². The number of halogens is 2. The highest BCUT2D eigenvalue weighted by molar-refractivity contribution is 9.10.